The second-order valence-electron chi connectivity index (χ2n) is 20.0. The van der Waals surface area contributed by atoms with Gasteiger partial charge in [0.25, 0.3) is 0 Å². The van der Waals surface area contributed by atoms with Crippen LogP contribution in [0.1, 0.15) is 256 Å². The number of ether oxygens (including phenoxy) is 2. The van der Waals surface area contributed by atoms with E-state index in [9.17, 15) is 19.2 Å². The molecule has 0 aliphatic heterocycles. The van der Waals surface area contributed by atoms with Crippen LogP contribution in [-0.2, 0) is 41.9 Å². The number of nitrogens with two attached hydrogens (primary N) is 1. The van der Waals surface area contributed by atoms with Gasteiger partial charge in [-0.1, -0.05) is 267 Å². The summed E-state index contributed by atoms with van der Waals surface area (Å²) in [4.78, 5) is 55.5. The molecule has 0 aromatic heterocycles. The number of rotatable bonds is 48. The number of unbranched alkanes of at least 4 members (excludes halogenated alkanes) is 30. The van der Waals surface area contributed by atoms with E-state index in [1.165, 1.54) is 180 Å². The zero-order valence-electron chi connectivity index (χ0n) is 44.2. The molecule has 2 aromatic rings. The summed E-state index contributed by atoms with van der Waals surface area (Å²) >= 11 is 0. The minimum Gasteiger partial charge on any atom is -0.461 e. The van der Waals surface area contributed by atoms with Crippen molar-refractivity contribution in [1.82, 2.24) is 10.2 Å². The summed E-state index contributed by atoms with van der Waals surface area (Å²) in [6.07, 6.45) is 41.6. The Morgan fingerprint density at radius 2 is 0.812 bits per heavy atom. The largest absolute Gasteiger partial charge is 0.461 e. The van der Waals surface area contributed by atoms with E-state index in [1.807, 2.05) is 60.7 Å². The smallest absolute Gasteiger partial charge is 0.328 e. The quantitative estimate of drug-likeness (QED) is 0.0499. The predicted molar refractivity (Wildman–Crippen MR) is 287 cm³/mol. The molecule has 0 aliphatic rings. The zero-order valence-corrected chi connectivity index (χ0v) is 44.2. The molecule has 0 saturated carbocycles. The van der Waals surface area contributed by atoms with Crippen LogP contribution in [0.2, 0.25) is 0 Å². The second kappa shape index (κ2) is 44.2. The Morgan fingerprint density at radius 3 is 1.17 bits per heavy atom. The van der Waals surface area contributed by atoms with Gasteiger partial charge in [0.2, 0.25) is 11.8 Å². The fourth-order valence-corrected chi connectivity index (χ4v) is 9.33. The van der Waals surface area contributed by atoms with E-state index in [0.717, 1.165) is 49.9 Å². The monoisotopic (exact) mass is 960 g/mol. The van der Waals surface area contributed by atoms with E-state index in [-0.39, 0.29) is 44.8 Å². The van der Waals surface area contributed by atoms with E-state index < -0.39 is 29.9 Å². The number of nitrogens with one attached hydrogen (secondary N) is 1. The number of esters is 2. The highest BCUT2D eigenvalue weighted by Gasteiger charge is 2.31. The third-order valence-corrected chi connectivity index (χ3v) is 13.7. The zero-order chi connectivity index (χ0) is 49.7. The number of primary amides is 1. The van der Waals surface area contributed by atoms with Gasteiger partial charge in [0.15, 0.2) is 0 Å². The maximum Gasteiger partial charge on any atom is 0.328 e. The molecule has 2 aromatic carbocycles. The highest BCUT2D eigenvalue weighted by atomic mass is 16.5. The third kappa shape index (κ3) is 35.1. The standard InChI is InChI=1S/C60H101N3O6/c1-3-5-7-9-11-13-15-17-19-21-23-25-27-29-31-39-49-63(50-40-32-30-28-26-24-22-20-18-16-14-12-10-8-6-4-2)56(46-47-57(61)64)59(66)62-55(60(67)69-52-54-43-37-34-38-44-54)45-48-58(65)68-51-53-41-35-33-36-42-53/h33-38,41-44,55-56H,3-32,39-40,45-52H2,1-2H3,(H2,61,64)(H,62,66)/t55-,56-/m0/s1. The normalized spacial score (nSPS) is 12.2. The minimum atomic E-state index is -1.07. The Morgan fingerprint density at radius 1 is 0.464 bits per heavy atom. The Balaban J connectivity index is 1.99. The maximum absolute atomic E-state index is 14.5. The molecule has 0 bridgehead atoms. The molecule has 0 spiro atoms. The van der Waals surface area contributed by atoms with Crippen LogP contribution in [0.15, 0.2) is 60.7 Å². The molecule has 0 heterocycles. The Labute approximate surface area is 422 Å². The molecule has 0 aliphatic carbocycles. The highest BCUT2D eigenvalue weighted by molar-refractivity contribution is 5.88. The number of benzene rings is 2. The Kier molecular flexibility index (Phi) is 39.4. The minimum absolute atomic E-state index is 0.0216. The lowest BCUT2D eigenvalue weighted by Crippen LogP contribution is -2.52. The summed E-state index contributed by atoms with van der Waals surface area (Å²) < 4.78 is 11.2. The van der Waals surface area contributed by atoms with Gasteiger partial charge in [0.1, 0.15) is 19.3 Å². The van der Waals surface area contributed by atoms with Crippen molar-refractivity contribution in [2.45, 2.75) is 270 Å². The van der Waals surface area contributed by atoms with Crippen LogP contribution in [0.3, 0.4) is 0 Å². The van der Waals surface area contributed by atoms with E-state index in [1.54, 1.807) is 0 Å². The van der Waals surface area contributed by atoms with Crippen molar-refractivity contribution in [2.75, 3.05) is 13.1 Å². The number of hydrogen-bond acceptors (Lipinski definition) is 7. The molecule has 2 atom stereocenters. The number of carbonyl (C=O) groups is 4. The van der Waals surface area contributed by atoms with Crippen LogP contribution >= 0.6 is 0 Å². The van der Waals surface area contributed by atoms with Gasteiger partial charge in [0.05, 0.1) is 6.04 Å². The van der Waals surface area contributed by atoms with Gasteiger partial charge in [-0.3, -0.25) is 19.3 Å². The van der Waals surface area contributed by atoms with E-state index in [4.69, 9.17) is 15.2 Å². The molecule has 3 N–H and O–H groups in total. The number of carbonyl (C=O) groups excluding carboxylic acids is 4. The molecule has 0 unspecified atom stereocenters. The molecule has 0 radical (unpaired) electrons. The summed E-state index contributed by atoms with van der Waals surface area (Å²) in [7, 11) is 0. The summed E-state index contributed by atoms with van der Waals surface area (Å²) in [5.41, 5.74) is 7.39. The Bertz CT molecular complexity index is 1490. The average molecular weight is 960 g/mol. The molecule has 9 heteroatoms. The van der Waals surface area contributed by atoms with E-state index in [2.05, 4.69) is 24.1 Å². The number of nitrogens with zero attached hydrogens (tertiary/aromatic N) is 1. The van der Waals surface area contributed by atoms with Gasteiger partial charge in [-0.2, -0.15) is 0 Å². The first-order chi connectivity index (χ1) is 33.8. The summed E-state index contributed by atoms with van der Waals surface area (Å²) in [5.74, 6) is -1.88. The molecule has 2 amide bonds. The molecule has 9 nitrogen and oxygen atoms in total. The topological polar surface area (TPSA) is 128 Å². The number of hydrogen-bond donors (Lipinski definition) is 2. The van der Waals surface area contributed by atoms with Crippen molar-refractivity contribution in [3.05, 3.63) is 71.8 Å². The molecule has 0 fully saturated rings. The highest BCUT2D eigenvalue weighted by Crippen LogP contribution is 2.19. The van der Waals surface area contributed by atoms with Crippen molar-refractivity contribution in [3.63, 3.8) is 0 Å². The van der Waals surface area contributed by atoms with Crippen molar-refractivity contribution < 1.29 is 28.7 Å². The van der Waals surface area contributed by atoms with Crippen LogP contribution in [0.4, 0.5) is 0 Å². The molecular formula is C60H101N3O6. The molecule has 2 rings (SSSR count). The third-order valence-electron chi connectivity index (χ3n) is 13.7. The van der Waals surface area contributed by atoms with Crippen molar-refractivity contribution in [1.29, 1.82) is 0 Å². The Hall–Kier alpha value is -3.72. The van der Waals surface area contributed by atoms with Gasteiger partial charge in [-0.25, -0.2) is 4.79 Å². The van der Waals surface area contributed by atoms with Gasteiger partial charge in [-0.15, -0.1) is 0 Å². The summed E-state index contributed by atoms with van der Waals surface area (Å²) in [6, 6.07) is 17.1. The van der Waals surface area contributed by atoms with Crippen LogP contribution in [0, 0.1) is 0 Å². The first-order valence-electron chi connectivity index (χ1n) is 28.6. The van der Waals surface area contributed by atoms with Gasteiger partial charge in [0, 0.05) is 12.8 Å². The van der Waals surface area contributed by atoms with E-state index in [0.29, 0.717) is 0 Å². The van der Waals surface area contributed by atoms with Crippen LogP contribution in [0.5, 0.6) is 0 Å². The number of amides is 2. The maximum atomic E-state index is 14.5. The molecular weight excluding hydrogens is 859 g/mol. The van der Waals surface area contributed by atoms with Crippen molar-refractivity contribution >= 4 is 23.8 Å². The molecule has 69 heavy (non-hydrogen) atoms. The molecule has 392 valence electrons. The SMILES string of the molecule is CCCCCCCCCCCCCCCCCCN(CCCCCCCCCCCCCCCCCC)[C@@H](CCC(N)=O)C(=O)N[C@@H](CCC(=O)OCc1ccccc1)C(=O)OCc1ccccc1. The summed E-state index contributed by atoms with van der Waals surface area (Å²) in [6.45, 7) is 6.17. The van der Waals surface area contributed by atoms with E-state index >= 15 is 0 Å². The van der Waals surface area contributed by atoms with Crippen LogP contribution < -0.4 is 11.1 Å². The first-order valence-corrected chi connectivity index (χ1v) is 28.6. The van der Waals surface area contributed by atoms with Crippen molar-refractivity contribution in [3.8, 4) is 0 Å². The average Bonchev–Trinajstić information content (AvgIpc) is 3.36. The lowest BCUT2D eigenvalue weighted by atomic mass is 10.0. The van der Waals surface area contributed by atoms with Gasteiger partial charge in [-0.05, 0) is 49.9 Å². The fourth-order valence-electron chi connectivity index (χ4n) is 9.33. The lowest BCUT2D eigenvalue weighted by Gasteiger charge is -2.32. The molecule has 0 saturated heterocycles. The van der Waals surface area contributed by atoms with Crippen LogP contribution in [0.25, 0.3) is 0 Å². The van der Waals surface area contributed by atoms with Crippen LogP contribution in [-0.4, -0.2) is 53.8 Å². The van der Waals surface area contributed by atoms with Gasteiger partial charge >= 0.3 is 11.9 Å². The second-order valence-corrected chi connectivity index (χ2v) is 20.0. The van der Waals surface area contributed by atoms with Gasteiger partial charge < -0.3 is 20.5 Å². The lowest BCUT2D eigenvalue weighted by molar-refractivity contribution is -0.151. The fraction of sp³-hybridized carbons (Fsp3) is 0.733. The summed E-state index contributed by atoms with van der Waals surface area (Å²) in [5, 5.41) is 2.98. The van der Waals surface area contributed by atoms with Crippen molar-refractivity contribution in [2.24, 2.45) is 5.73 Å². The predicted octanol–water partition coefficient (Wildman–Crippen LogP) is 15.2. The first kappa shape index (κ1) is 61.4.